The van der Waals surface area contributed by atoms with Gasteiger partial charge in [0.05, 0.1) is 12.4 Å². The predicted octanol–water partition coefficient (Wildman–Crippen LogP) is 3.03. The van der Waals surface area contributed by atoms with E-state index in [1.807, 2.05) is 44.2 Å². The lowest BCUT2D eigenvalue weighted by Gasteiger charge is -2.25. The van der Waals surface area contributed by atoms with E-state index < -0.39 is 21.3 Å². The van der Waals surface area contributed by atoms with E-state index in [0.29, 0.717) is 12.2 Å². The smallest absolute Gasteiger partial charge is 0.264 e. The third-order valence-electron chi connectivity index (χ3n) is 4.41. The SMILES string of the molecule is Cc1c(OCCCS(=O)(=O)O)cc2c(c1C)[S+]([O-])c1ccccc1C2. The summed E-state index contributed by atoms with van der Waals surface area (Å²) in [5.74, 6) is 0.343. The molecule has 0 amide bonds. The molecule has 1 atom stereocenters. The predicted molar refractivity (Wildman–Crippen MR) is 96.4 cm³/mol. The Bertz CT molecular complexity index is 906. The molecule has 0 aliphatic carbocycles. The fraction of sp³-hybridized carbons (Fsp3) is 0.333. The average molecular weight is 380 g/mol. The second kappa shape index (κ2) is 6.99. The minimum atomic E-state index is -3.97. The van der Waals surface area contributed by atoms with E-state index in [1.165, 1.54) is 0 Å². The Morgan fingerprint density at radius 2 is 1.92 bits per heavy atom. The van der Waals surface area contributed by atoms with Gasteiger partial charge in [0.25, 0.3) is 10.1 Å². The quantitative estimate of drug-likeness (QED) is 0.489. The summed E-state index contributed by atoms with van der Waals surface area (Å²) in [7, 11) is -3.97. The first-order chi connectivity index (χ1) is 11.8. The van der Waals surface area contributed by atoms with Crippen molar-refractivity contribution in [3.8, 4) is 5.75 Å². The highest BCUT2D eigenvalue weighted by molar-refractivity contribution is 7.91. The highest BCUT2D eigenvalue weighted by atomic mass is 32.2. The van der Waals surface area contributed by atoms with Crippen molar-refractivity contribution in [1.29, 1.82) is 0 Å². The van der Waals surface area contributed by atoms with Crippen LogP contribution in [0.2, 0.25) is 0 Å². The molecular formula is C18H20O5S2. The van der Waals surface area contributed by atoms with Crippen LogP contribution in [0.5, 0.6) is 5.75 Å². The van der Waals surface area contributed by atoms with Crippen molar-refractivity contribution in [3.05, 3.63) is 52.6 Å². The van der Waals surface area contributed by atoms with Crippen molar-refractivity contribution in [2.75, 3.05) is 12.4 Å². The summed E-state index contributed by atoms with van der Waals surface area (Å²) in [4.78, 5) is 1.71. The molecule has 25 heavy (non-hydrogen) atoms. The molecule has 7 heteroatoms. The van der Waals surface area contributed by atoms with E-state index in [1.54, 1.807) is 0 Å². The fourth-order valence-electron chi connectivity index (χ4n) is 3.04. The van der Waals surface area contributed by atoms with E-state index in [-0.39, 0.29) is 18.8 Å². The first-order valence-corrected chi connectivity index (χ1v) is 10.7. The number of hydrogen-bond donors (Lipinski definition) is 1. The Balaban J connectivity index is 1.86. The first-order valence-electron chi connectivity index (χ1n) is 7.98. The van der Waals surface area contributed by atoms with E-state index in [9.17, 15) is 13.0 Å². The van der Waals surface area contributed by atoms with Gasteiger partial charge in [-0.3, -0.25) is 4.55 Å². The van der Waals surface area contributed by atoms with Gasteiger partial charge in [0.1, 0.15) is 5.75 Å². The molecule has 0 radical (unpaired) electrons. The molecule has 1 N–H and O–H groups in total. The Morgan fingerprint density at radius 1 is 1.20 bits per heavy atom. The lowest BCUT2D eigenvalue weighted by atomic mass is 9.98. The summed E-state index contributed by atoms with van der Waals surface area (Å²) in [5, 5.41) is 0. The molecule has 0 aromatic heterocycles. The maximum atomic E-state index is 12.9. The Hall–Kier alpha value is -1.54. The van der Waals surface area contributed by atoms with Gasteiger partial charge in [-0.05, 0) is 38.0 Å². The number of hydrogen-bond acceptors (Lipinski definition) is 4. The van der Waals surface area contributed by atoms with Crippen LogP contribution in [0.25, 0.3) is 0 Å². The monoisotopic (exact) mass is 380 g/mol. The molecule has 2 aromatic rings. The summed E-state index contributed by atoms with van der Waals surface area (Å²) in [6, 6.07) is 9.63. The Labute approximate surface area is 151 Å². The van der Waals surface area contributed by atoms with Crippen LogP contribution in [0.4, 0.5) is 0 Å². The normalized spacial score (nSPS) is 16.2. The average Bonchev–Trinajstić information content (AvgIpc) is 2.55. The summed E-state index contributed by atoms with van der Waals surface area (Å²) in [6.45, 7) is 4.04. The van der Waals surface area contributed by atoms with Crippen LogP contribution in [0.1, 0.15) is 28.7 Å². The lowest BCUT2D eigenvalue weighted by Crippen LogP contribution is -2.17. The van der Waals surface area contributed by atoms with Crippen molar-refractivity contribution in [2.45, 2.75) is 36.5 Å². The van der Waals surface area contributed by atoms with Crippen molar-refractivity contribution < 1.29 is 22.3 Å². The van der Waals surface area contributed by atoms with Crippen molar-refractivity contribution in [2.24, 2.45) is 0 Å². The van der Waals surface area contributed by atoms with E-state index in [2.05, 4.69) is 0 Å². The molecule has 0 bridgehead atoms. The molecule has 2 aromatic carbocycles. The second-order valence-corrected chi connectivity index (χ2v) is 9.11. The molecule has 1 unspecified atom stereocenters. The van der Waals surface area contributed by atoms with Crippen molar-refractivity contribution >= 4 is 21.3 Å². The molecule has 5 nitrogen and oxygen atoms in total. The molecule has 1 aliphatic rings. The van der Waals surface area contributed by atoms with Crippen LogP contribution in [-0.4, -0.2) is 29.9 Å². The Morgan fingerprint density at radius 3 is 2.64 bits per heavy atom. The zero-order valence-corrected chi connectivity index (χ0v) is 15.7. The zero-order valence-electron chi connectivity index (χ0n) is 14.1. The minimum absolute atomic E-state index is 0.193. The number of rotatable bonds is 5. The van der Waals surface area contributed by atoms with Gasteiger partial charge >= 0.3 is 0 Å². The molecule has 0 saturated heterocycles. The maximum Gasteiger partial charge on any atom is 0.264 e. The minimum Gasteiger partial charge on any atom is -0.606 e. The van der Waals surface area contributed by atoms with E-state index >= 15 is 0 Å². The van der Waals surface area contributed by atoms with Gasteiger partial charge in [0.15, 0.2) is 9.79 Å². The van der Waals surface area contributed by atoms with Gasteiger partial charge in [-0.1, -0.05) is 18.2 Å². The number of benzene rings is 2. The molecule has 0 fully saturated rings. The van der Waals surface area contributed by atoms with Crippen LogP contribution in [-0.2, 0) is 27.7 Å². The van der Waals surface area contributed by atoms with Crippen LogP contribution in [0, 0.1) is 13.8 Å². The summed E-state index contributed by atoms with van der Waals surface area (Å²) in [6.07, 6.45) is 0.906. The van der Waals surface area contributed by atoms with Crippen molar-refractivity contribution in [3.63, 3.8) is 0 Å². The molecule has 3 rings (SSSR count). The molecule has 0 saturated carbocycles. The lowest BCUT2D eigenvalue weighted by molar-refractivity contribution is 0.313. The molecule has 1 heterocycles. The highest BCUT2D eigenvalue weighted by Crippen LogP contribution is 2.40. The zero-order chi connectivity index (χ0) is 18.2. The molecule has 0 spiro atoms. The van der Waals surface area contributed by atoms with Gasteiger partial charge in [-0.15, -0.1) is 0 Å². The third kappa shape index (κ3) is 3.84. The van der Waals surface area contributed by atoms with Crippen LogP contribution >= 0.6 is 0 Å². The fourth-order valence-corrected chi connectivity index (χ4v) is 5.12. The number of ether oxygens (including phenoxy) is 1. The maximum absolute atomic E-state index is 12.9. The number of fused-ring (bicyclic) bond motifs is 2. The van der Waals surface area contributed by atoms with Crippen molar-refractivity contribution in [1.82, 2.24) is 0 Å². The third-order valence-corrected chi connectivity index (χ3v) is 6.95. The Kier molecular flexibility index (Phi) is 5.11. The molecule has 1 aliphatic heterocycles. The standard InChI is InChI=1S/C18H20O5S2/c1-12-13(2)18-15(10-14-6-3-4-7-17(14)24(18)19)11-16(12)23-8-5-9-25(20,21)22/h3-4,6-7,11H,5,8-10H2,1-2H3,(H,20,21,22). The van der Waals surface area contributed by atoms with Crippen LogP contribution < -0.4 is 4.74 Å². The van der Waals surface area contributed by atoms with Gasteiger partial charge in [-0.2, -0.15) is 8.42 Å². The van der Waals surface area contributed by atoms with Gasteiger partial charge in [-0.25, -0.2) is 0 Å². The largest absolute Gasteiger partial charge is 0.606 e. The highest BCUT2D eigenvalue weighted by Gasteiger charge is 2.31. The molecule has 134 valence electrons. The van der Waals surface area contributed by atoms with Gasteiger partial charge in [0, 0.05) is 34.3 Å². The summed E-state index contributed by atoms with van der Waals surface area (Å²) in [5.41, 5.74) is 3.87. The second-order valence-electron chi connectivity index (χ2n) is 6.15. The van der Waals surface area contributed by atoms with Gasteiger partial charge in [0.2, 0.25) is 0 Å². The molecular weight excluding hydrogens is 360 g/mol. The van der Waals surface area contributed by atoms with E-state index in [4.69, 9.17) is 9.29 Å². The summed E-state index contributed by atoms with van der Waals surface area (Å²) < 4.78 is 49.0. The summed E-state index contributed by atoms with van der Waals surface area (Å²) >= 11 is -1.21. The van der Waals surface area contributed by atoms with Gasteiger partial charge < -0.3 is 9.29 Å². The van der Waals surface area contributed by atoms with E-state index in [0.717, 1.165) is 32.0 Å². The van der Waals surface area contributed by atoms with Crippen LogP contribution in [0.15, 0.2) is 40.1 Å². The topological polar surface area (TPSA) is 86.7 Å². The van der Waals surface area contributed by atoms with Crippen LogP contribution in [0.3, 0.4) is 0 Å². The first kappa shape index (κ1) is 18.3.